The monoisotopic (exact) mass is 417 g/mol. The second-order valence-corrected chi connectivity index (χ2v) is 10.2. The molecule has 1 aromatic heterocycles. The van der Waals surface area contributed by atoms with Crippen LogP contribution in [0.5, 0.6) is 5.75 Å². The molecule has 3 atom stereocenters. The van der Waals surface area contributed by atoms with Crippen molar-refractivity contribution in [3.05, 3.63) is 36.0 Å². The van der Waals surface area contributed by atoms with E-state index >= 15 is 0 Å². The van der Waals surface area contributed by atoms with Crippen LogP contribution in [-0.4, -0.2) is 68.1 Å². The quantitative estimate of drug-likeness (QED) is 0.763. The molecule has 2 aliphatic rings. The maximum absolute atomic E-state index is 13.2. The van der Waals surface area contributed by atoms with Gasteiger partial charge in [0.15, 0.2) is 0 Å². The van der Waals surface area contributed by atoms with Gasteiger partial charge in [0.25, 0.3) is 5.91 Å². The molecule has 1 saturated heterocycles. The lowest BCUT2D eigenvalue weighted by Crippen LogP contribution is -2.42. The Morgan fingerprint density at radius 3 is 2.69 bits per heavy atom. The standard InChI is InChI=1S/C21H27N3O4S/c1-23(29(3,26)27)16-10-14-8-9-24(13-15(14)11-16)21(25)19-12-20(28-2)17-6-4-5-7-18(17)22-19/h4-7,12,14-16H,8-11,13H2,1-3H3/t14-,15-,16+/m1/s1. The lowest BCUT2D eigenvalue weighted by atomic mass is 9.88. The number of carbonyl (C=O) groups is 1. The number of sulfonamides is 1. The highest BCUT2D eigenvalue weighted by atomic mass is 32.2. The van der Waals surface area contributed by atoms with Crippen LogP contribution in [0.4, 0.5) is 0 Å². The normalized spacial score (nSPS) is 24.7. The zero-order valence-corrected chi connectivity index (χ0v) is 17.9. The second kappa shape index (κ2) is 7.57. The largest absolute Gasteiger partial charge is 0.496 e. The number of likely N-dealkylation sites (tertiary alicyclic amines) is 1. The SMILES string of the molecule is COc1cc(C(=O)N2CC[C@@H]3C[C@H](N(C)S(C)(=O)=O)C[C@@H]3C2)nc2ccccc12. The van der Waals surface area contributed by atoms with Gasteiger partial charge >= 0.3 is 0 Å². The number of hydrogen-bond donors (Lipinski definition) is 0. The van der Waals surface area contributed by atoms with Crippen LogP contribution in [0.25, 0.3) is 10.9 Å². The first-order chi connectivity index (χ1) is 13.8. The van der Waals surface area contributed by atoms with E-state index in [1.165, 1.54) is 10.6 Å². The van der Waals surface area contributed by atoms with Crippen molar-refractivity contribution in [3.8, 4) is 5.75 Å². The summed E-state index contributed by atoms with van der Waals surface area (Å²) in [6.07, 6.45) is 3.82. The summed E-state index contributed by atoms with van der Waals surface area (Å²) in [5, 5.41) is 0.882. The molecule has 1 amide bonds. The molecular formula is C21H27N3O4S. The third-order valence-electron chi connectivity index (χ3n) is 6.48. The van der Waals surface area contributed by atoms with Crippen LogP contribution in [-0.2, 0) is 10.0 Å². The maximum atomic E-state index is 13.2. The molecule has 156 valence electrons. The number of fused-ring (bicyclic) bond motifs is 2. The molecule has 0 bridgehead atoms. The highest BCUT2D eigenvalue weighted by Gasteiger charge is 2.42. The summed E-state index contributed by atoms with van der Waals surface area (Å²) >= 11 is 0. The van der Waals surface area contributed by atoms with E-state index in [-0.39, 0.29) is 11.9 Å². The van der Waals surface area contributed by atoms with Crippen LogP contribution < -0.4 is 4.74 Å². The van der Waals surface area contributed by atoms with Crippen LogP contribution in [0.15, 0.2) is 30.3 Å². The van der Waals surface area contributed by atoms with Crippen LogP contribution in [0.1, 0.15) is 29.8 Å². The van der Waals surface area contributed by atoms with Crippen LogP contribution in [0, 0.1) is 11.8 Å². The van der Waals surface area contributed by atoms with Crippen molar-refractivity contribution in [2.45, 2.75) is 25.3 Å². The van der Waals surface area contributed by atoms with Crippen LogP contribution >= 0.6 is 0 Å². The van der Waals surface area contributed by atoms with Crippen LogP contribution in [0.3, 0.4) is 0 Å². The fourth-order valence-electron chi connectivity index (χ4n) is 4.79. The molecule has 1 aliphatic heterocycles. The molecule has 1 aliphatic carbocycles. The van der Waals surface area contributed by atoms with Crippen molar-refractivity contribution in [3.63, 3.8) is 0 Å². The fraction of sp³-hybridized carbons (Fsp3) is 0.524. The first-order valence-corrected chi connectivity index (χ1v) is 11.8. The van der Waals surface area contributed by atoms with Crippen molar-refractivity contribution >= 4 is 26.8 Å². The molecule has 0 unspecified atom stereocenters. The van der Waals surface area contributed by atoms with Crippen molar-refractivity contribution in [2.24, 2.45) is 11.8 Å². The third-order valence-corrected chi connectivity index (χ3v) is 7.83. The number of ether oxygens (including phenoxy) is 1. The minimum atomic E-state index is -3.20. The predicted octanol–water partition coefficient (Wildman–Crippen LogP) is 2.38. The molecule has 2 heterocycles. The summed E-state index contributed by atoms with van der Waals surface area (Å²) in [4.78, 5) is 19.6. The van der Waals surface area contributed by atoms with Crippen LogP contribution in [0.2, 0.25) is 0 Å². The van der Waals surface area contributed by atoms with Crippen molar-refractivity contribution in [2.75, 3.05) is 33.5 Å². The Hall–Kier alpha value is -2.19. The summed E-state index contributed by atoms with van der Waals surface area (Å²) in [6.45, 7) is 1.32. The minimum absolute atomic E-state index is 0.0222. The summed E-state index contributed by atoms with van der Waals surface area (Å²) in [5.74, 6) is 1.34. The van der Waals surface area contributed by atoms with Gasteiger partial charge in [0.2, 0.25) is 10.0 Å². The summed E-state index contributed by atoms with van der Waals surface area (Å²) in [6, 6.07) is 9.36. The highest BCUT2D eigenvalue weighted by molar-refractivity contribution is 7.88. The third kappa shape index (κ3) is 3.83. The Balaban J connectivity index is 1.52. The second-order valence-electron chi connectivity index (χ2n) is 8.19. The molecule has 0 N–H and O–H groups in total. The Kier molecular flexibility index (Phi) is 5.25. The average molecular weight is 418 g/mol. The molecule has 0 spiro atoms. The van der Waals surface area contributed by atoms with E-state index in [0.29, 0.717) is 36.4 Å². The number of amides is 1. The topological polar surface area (TPSA) is 79.8 Å². The van der Waals surface area contributed by atoms with Gasteiger partial charge in [-0.05, 0) is 43.2 Å². The van der Waals surface area contributed by atoms with Gasteiger partial charge in [0, 0.05) is 37.6 Å². The molecule has 7 nitrogen and oxygen atoms in total. The molecule has 2 aromatic rings. The molecule has 1 aromatic carbocycles. The molecular weight excluding hydrogens is 390 g/mol. The number of nitrogens with zero attached hydrogens (tertiary/aromatic N) is 3. The molecule has 8 heteroatoms. The first-order valence-electron chi connectivity index (χ1n) is 9.94. The lowest BCUT2D eigenvalue weighted by Gasteiger charge is -2.34. The Labute approximate surface area is 171 Å². The number of benzene rings is 1. The van der Waals surface area contributed by atoms with Gasteiger partial charge in [0.05, 0.1) is 18.9 Å². The van der Waals surface area contributed by atoms with Gasteiger partial charge in [0.1, 0.15) is 11.4 Å². The number of carbonyl (C=O) groups excluding carboxylic acids is 1. The van der Waals surface area contributed by atoms with E-state index in [4.69, 9.17) is 4.74 Å². The summed E-state index contributed by atoms with van der Waals surface area (Å²) < 4.78 is 30.7. The van der Waals surface area contributed by atoms with E-state index in [1.807, 2.05) is 29.2 Å². The number of rotatable bonds is 4. The molecule has 4 rings (SSSR count). The number of para-hydroxylation sites is 1. The molecule has 2 fully saturated rings. The predicted molar refractivity (Wildman–Crippen MR) is 111 cm³/mol. The average Bonchev–Trinajstić information content (AvgIpc) is 3.14. The van der Waals surface area contributed by atoms with Gasteiger partial charge in [-0.3, -0.25) is 4.79 Å². The Morgan fingerprint density at radius 1 is 1.24 bits per heavy atom. The maximum Gasteiger partial charge on any atom is 0.272 e. The van der Waals surface area contributed by atoms with E-state index in [1.54, 1.807) is 20.2 Å². The van der Waals surface area contributed by atoms with Crippen molar-refractivity contribution in [1.29, 1.82) is 0 Å². The number of hydrogen-bond acceptors (Lipinski definition) is 5. The van der Waals surface area contributed by atoms with Gasteiger partial charge in [-0.25, -0.2) is 17.7 Å². The van der Waals surface area contributed by atoms with E-state index in [2.05, 4.69) is 4.98 Å². The summed E-state index contributed by atoms with van der Waals surface area (Å²) in [7, 11) is 0.0524. The first kappa shape index (κ1) is 20.1. The minimum Gasteiger partial charge on any atom is -0.496 e. The van der Waals surface area contributed by atoms with Crippen molar-refractivity contribution in [1.82, 2.24) is 14.2 Å². The lowest BCUT2D eigenvalue weighted by molar-refractivity contribution is 0.0621. The van der Waals surface area contributed by atoms with Gasteiger partial charge in [-0.1, -0.05) is 12.1 Å². The highest BCUT2D eigenvalue weighted by Crippen LogP contribution is 2.40. The van der Waals surface area contributed by atoms with Gasteiger partial charge < -0.3 is 9.64 Å². The Bertz CT molecular complexity index is 1040. The Morgan fingerprint density at radius 2 is 1.97 bits per heavy atom. The van der Waals surface area contributed by atoms with E-state index in [9.17, 15) is 13.2 Å². The number of piperidine rings is 1. The van der Waals surface area contributed by atoms with E-state index in [0.717, 1.165) is 30.2 Å². The number of pyridine rings is 1. The smallest absolute Gasteiger partial charge is 0.272 e. The molecule has 1 saturated carbocycles. The van der Waals surface area contributed by atoms with Gasteiger partial charge in [-0.15, -0.1) is 0 Å². The number of methoxy groups -OCH3 is 1. The van der Waals surface area contributed by atoms with Gasteiger partial charge in [-0.2, -0.15) is 0 Å². The molecule has 0 radical (unpaired) electrons. The number of aromatic nitrogens is 1. The molecule has 29 heavy (non-hydrogen) atoms. The zero-order chi connectivity index (χ0) is 20.8. The summed E-state index contributed by atoms with van der Waals surface area (Å²) in [5.41, 5.74) is 1.13. The fourth-order valence-corrected chi connectivity index (χ4v) is 5.50. The van der Waals surface area contributed by atoms with E-state index < -0.39 is 10.0 Å². The van der Waals surface area contributed by atoms with Crippen molar-refractivity contribution < 1.29 is 17.9 Å². The zero-order valence-electron chi connectivity index (χ0n) is 17.0.